The first-order chi connectivity index (χ1) is 14.4. The van der Waals surface area contributed by atoms with Gasteiger partial charge >= 0.3 is 5.97 Å². The number of nitriles is 1. The van der Waals surface area contributed by atoms with Gasteiger partial charge in [-0.2, -0.15) is 5.26 Å². The number of carboxylic acids is 1. The van der Waals surface area contributed by atoms with E-state index in [1.54, 1.807) is 47.2 Å². The molecule has 7 heteroatoms. The van der Waals surface area contributed by atoms with Crippen molar-refractivity contribution in [2.75, 3.05) is 0 Å². The van der Waals surface area contributed by atoms with E-state index < -0.39 is 11.9 Å². The van der Waals surface area contributed by atoms with E-state index in [0.29, 0.717) is 16.6 Å². The molecule has 0 spiro atoms. The average molecular weight is 401 g/mol. The third-order valence-electron chi connectivity index (χ3n) is 4.60. The molecule has 0 saturated carbocycles. The second-order valence-corrected chi connectivity index (χ2v) is 6.73. The zero-order valence-corrected chi connectivity index (χ0v) is 16.3. The van der Waals surface area contributed by atoms with Crippen molar-refractivity contribution in [2.45, 2.75) is 20.0 Å². The Kier molecular flexibility index (Phi) is 6.08. The molecule has 0 aliphatic carbocycles. The van der Waals surface area contributed by atoms with E-state index in [1.807, 2.05) is 18.2 Å². The molecule has 7 nitrogen and oxygen atoms in total. The molecule has 2 aromatic carbocycles. The fourth-order valence-corrected chi connectivity index (χ4v) is 3.11. The lowest BCUT2D eigenvalue weighted by atomic mass is 10.1. The zero-order valence-electron chi connectivity index (χ0n) is 16.3. The molecule has 3 rings (SSSR count). The van der Waals surface area contributed by atoms with E-state index in [9.17, 15) is 19.6 Å². The summed E-state index contributed by atoms with van der Waals surface area (Å²) in [5, 5.41) is 22.0. The Morgan fingerprint density at radius 2 is 1.83 bits per heavy atom. The maximum atomic E-state index is 12.5. The summed E-state index contributed by atoms with van der Waals surface area (Å²) < 4.78 is 1.56. The van der Waals surface area contributed by atoms with Crippen LogP contribution in [0.5, 0.6) is 0 Å². The van der Waals surface area contributed by atoms with Crippen LogP contribution < -0.4 is 5.32 Å². The number of Topliss-reactive ketones (excluding diaryl/α,β-unsaturated/α-hetero) is 1. The highest BCUT2D eigenvalue weighted by molar-refractivity contribution is 6.04. The lowest BCUT2D eigenvalue weighted by Crippen LogP contribution is -2.23. The molecule has 1 heterocycles. The van der Waals surface area contributed by atoms with Crippen LogP contribution >= 0.6 is 0 Å². The van der Waals surface area contributed by atoms with Crippen LogP contribution in [-0.4, -0.2) is 27.3 Å². The fourth-order valence-electron chi connectivity index (χ4n) is 3.11. The van der Waals surface area contributed by atoms with Crippen LogP contribution in [0.4, 0.5) is 0 Å². The highest BCUT2D eigenvalue weighted by Gasteiger charge is 2.13. The van der Waals surface area contributed by atoms with Crippen molar-refractivity contribution in [3.63, 3.8) is 0 Å². The van der Waals surface area contributed by atoms with E-state index in [2.05, 4.69) is 5.32 Å². The maximum Gasteiger partial charge on any atom is 0.323 e. The summed E-state index contributed by atoms with van der Waals surface area (Å²) in [6, 6.07) is 15.9. The Morgan fingerprint density at radius 1 is 1.13 bits per heavy atom. The zero-order chi connectivity index (χ0) is 21.7. The second-order valence-electron chi connectivity index (χ2n) is 6.73. The molecule has 0 fully saturated rings. The molecule has 0 atom stereocenters. The van der Waals surface area contributed by atoms with Crippen LogP contribution in [0.3, 0.4) is 0 Å². The third kappa shape index (κ3) is 4.62. The molecular formula is C23H19N3O4. The molecule has 150 valence electrons. The van der Waals surface area contributed by atoms with Gasteiger partial charge in [-0.1, -0.05) is 42.5 Å². The summed E-state index contributed by atoms with van der Waals surface area (Å²) in [6.45, 7) is 1.46. The Bertz CT molecular complexity index is 1200. The number of hydrogen-bond donors (Lipinski definition) is 2. The van der Waals surface area contributed by atoms with Gasteiger partial charge in [0, 0.05) is 34.8 Å². The van der Waals surface area contributed by atoms with Crippen molar-refractivity contribution < 1.29 is 19.5 Å². The fraction of sp³-hybridized carbons (Fsp3) is 0.130. The van der Waals surface area contributed by atoms with Gasteiger partial charge in [0.1, 0.15) is 18.2 Å². The number of fused-ring (bicyclic) bond motifs is 1. The summed E-state index contributed by atoms with van der Waals surface area (Å²) >= 11 is 0. The molecular weight excluding hydrogens is 382 g/mol. The average Bonchev–Trinajstić information content (AvgIpc) is 3.07. The van der Waals surface area contributed by atoms with Crippen LogP contribution in [0, 0.1) is 11.3 Å². The number of hydrogen-bond acceptors (Lipinski definition) is 4. The number of carbonyl (C=O) groups is 3. The van der Waals surface area contributed by atoms with E-state index in [1.165, 1.54) is 13.0 Å². The SMILES string of the molecule is CC(=O)c1ccc(CNC(=O)/C(C#N)=C/c2cn(CC(=O)O)c3ccccc23)cc1. The maximum absolute atomic E-state index is 12.5. The number of rotatable bonds is 7. The number of nitrogens with one attached hydrogen (secondary N) is 1. The van der Waals surface area contributed by atoms with Crippen LogP contribution in [0.1, 0.15) is 28.4 Å². The number of aromatic nitrogens is 1. The molecule has 0 aliphatic rings. The van der Waals surface area contributed by atoms with Crippen LogP contribution in [0.15, 0.2) is 60.3 Å². The molecule has 1 amide bonds. The van der Waals surface area contributed by atoms with Gasteiger partial charge in [0.15, 0.2) is 5.78 Å². The molecule has 1 aromatic heterocycles. The number of amides is 1. The van der Waals surface area contributed by atoms with Crippen molar-refractivity contribution in [2.24, 2.45) is 0 Å². The molecule has 30 heavy (non-hydrogen) atoms. The molecule has 2 N–H and O–H groups in total. The predicted molar refractivity (Wildman–Crippen MR) is 111 cm³/mol. The van der Waals surface area contributed by atoms with Crippen LogP contribution in [0.2, 0.25) is 0 Å². The highest BCUT2D eigenvalue weighted by atomic mass is 16.4. The number of carboxylic acid groups (broad SMARTS) is 1. The van der Waals surface area contributed by atoms with E-state index >= 15 is 0 Å². The van der Waals surface area contributed by atoms with Crippen LogP contribution in [-0.2, 0) is 22.7 Å². The van der Waals surface area contributed by atoms with Crippen LogP contribution in [0.25, 0.3) is 17.0 Å². The van der Waals surface area contributed by atoms with Gasteiger partial charge in [-0.25, -0.2) is 0 Å². The largest absolute Gasteiger partial charge is 0.480 e. The lowest BCUT2D eigenvalue weighted by molar-refractivity contribution is -0.137. The monoisotopic (exact) mass is 401 g/mol. The Morgan fingerprint density at radius 3 is 2.47 bits per heavy atom. The molecule has 0 aliphatic heterocycles. The van der Waals surface area contributed by atoms with Crippen molar-refractivity contribution in [1.29, 1.82) is 5.26 Å². The summed E-state index contributed by atoms with van der Waals surface area (Å²) in [7, 11) is 0. The second kappa shape index (κ2) is 8.88. The summed E-state index contributed by atoms with van der Waals surface area (Å²) in [5.74, 6) is -1.56. The molecule has 0 saturated heterocycles. The van der Waals surface area contributed by atoms with Gasteiger partial charge in [0.05, 0.1) is 0 Å². The van der Waals surface area contributed by atoms with Gasteiger partial charge in [-0.15, -0.1) is 0 Å². The van der Waals surface area contributed by atoms with Gasteiger partial charge in [0.25, 0.3) is 5.91 Å². The Hall–Kier alpha value is -4.18. The van der Waals surface area contributed by atoms with Crippen molar-refractivity contribution in [3.8, 4) is 6.07 Å². The molecule has 3 aromatic rings. The van der Waals surface area contributed by atoms with Crippen molar-refractivity contribution in [1.82, 2.24) is 9.88 Å². The molecule has 0 bridgehead atoms. The van der Waals surface area contributed by atoms with Gasteiger partial charge in [-0.3, -0.25) is 14.4 Å². The topological polar surface area (TPSA) is 112 Å². The quantitative estimate of drug-likeness (QED) is 0.359. The summed E-state index contributed by atoms with van der Waals surface area (Å²) in [6.07, 6.45) is 3.07. The van der Waals surface area contributed by atoms with Crippen molar-refractivity contribution in [3.05, 3.63) is 77.0 Å². The Labute approximate surface area is 172 Å². The van der Waals surface area contributed by atoms with Gasteiger partial charge < -0.3 is 15.0 Å². The first-order valence-corrected chi connectivity index (χ1v) is 9.18. The smallest absolute Gasteiger partial charge is 0.323 e. The number of nitrogens with zero attached hydrogens (tertiary/aromatic N) is 2. The number of carbonyl (C=O) groups excluding carboxylic acids is 2. The minimum Gasteiger partial charge on any atom is -0.480 e. The Balaban J connectivity index is 1.81. The molecule has 0 unspecified atom stereocenters. The minimum absolute atomic E-state index is 0.0395. The summed E-state index contributed by atoms with van der Waals surface area (Å²) in [5.41, 5.74) is 2.58. The van der Waals surface area contributed by atoms with Gasteiger partial charge in [-0.05, 0) is 24.6 Å². The van der Waals surface area contributed by atoms with E-state index in [4.69, 9.17) is 5.11 Å². The highest BCUT2D eigenvalue weighted by Crippen LogP contribution is 2.23. The number of para-hydroxylation sites is 1. The predicted octanol–water partition coefficient (Wildman–Crippen LogP) is 3.15. The van der Waals surface area contributed by atoms with Crippen molar-refractivity contribution >= 4 is 34.6 Å². The first-order valence-electron chi connectivity index (χ1n) is 9.18. The standard InChI is InChI=1S/C23H19N3O4/c1-15(27)17-8-6-16(7-9-17)12-25-23(30)18(11-24)10-19-13-26(14-22(28)29)21-5-3-2-4-20(19)21/h2-10,13H,12,14H2,1H3,(H,25,30)(H,28,29)/b18-10+. The first kappa shape index (κ1) is 20.6. The molecule has 0 radical (unpaired) electrons. The van der Waals surface area contributed by atoms with Gasteiger partial charge in [0.2, 0.25) is 0 Å². The normalized spacial score (nSPS) is 11.1. The summed E-state index contributed by atoms with van der Waals surface area (Å²) in [4.78, 5) is 34.9. The van der Waals surface area contributed by atoms with E-state index in [-0.39, 0.29) is 24.4 Å². The number of aliphatic carboxylic acids is 1. The lowest BCUT2D eigenvalue weighted by Gasteiger charge is -2.05. The number of ketones is 1. The van der Waals surface area contributed by atoms with E-state index in [0.717, 1.165) is 10.9 Å². The minimum atomic E-state index is -0.986. The third-order valence-corrected chi connectivity index (χ3v) is 4.60. The number of benzene rings is 2.